The number of fused-ring (bicyclic) bond motifs is 1. The van der Waals surface area contributed by atoms with Gasteiger partial charge in [0.2, 0.25) is 0 Å². The molecule has 230 valence electrons. The van der Waals surface area contributed by atoms with Crippen molar-refractivity contribution in [2.24, 2.45) is 5.92 Å². The molecule has 6 rings (SSSR count). The lowest BCUT2D eigenvalue weighted by atomic mass is 9.94. The van der Waals surface area contributed by atoms with Crippen molar-refractivity contribution >= 4 is 22.4 Å². The van der Waals surface area contributed by atoms with Crippen LogP contribution in [0.3, 0.4) is 0 Å². The SMILES string of the molecule is CO[C@H]1CN(c2nc(-c3cc(C)ccc3OCc3ccc4c(c3C)CCN(C3CCCCC3)CC4)cs2)CC[C@H]1C(=O)O. The largest absolute Gasteiger partial charge is 0.488 e. The Morgan fingerprint density at radius 2 is 1.86 bits per heavy atom. The lowest BCUT2D eigenvalue weighted by Gasteiger charge is -2.35. The molecular formula is C35H45N3O4S. The third-order valence-electron chi connectivity index (χ3n) is 9.95. The maximum absolute atomic E-state index is 11.6. The number of piperidine rings is 1. The number of aryl methyl sites for hydroxylation is 1. The fraction of sp³-hybridized carbons (Fsp3) is 0.543. The van der Waals surface area contributed by atoms with Gasteiger partial charge in [-0.25, -0.2) is 4.98 Å². The van der Waals surface area contributed by atoms with Gasteiger partial charge in [-0.2, -0.15) is 0 Å². The van der Waals surface area contributed by atoms with E-state index in [2.05, 4.69) is 59.4 Å². The standard InChI is InChI=1S/C35H45N3O4S/c1-23-9-12-32(30(19-23)31-22-43-35(36-31)38-18-15-29(34(39)40)33(20-38)41-3)42-21-26-11-10-25-13-16-37(17-14-28(25)24(26)2)27-7-5-4-6-8-27/h9-12,19,22,27,29,33H,4-8,13-18,20-21H2,1-3H3,(H,39,40)/t29-,33+/m1/s1. The van der Waals surface area contributed by atoms with Crippen molar-refractivity contribution in [3.63, 3.8) is 0 Å². The predicted molar refractivity (Wildman–Crippen MR) is 172 cm³/mol. The highest BCUT2D eigenvalue weighted by atomic mass is 32.1. The smallest absolute Gasteiger partial charge is 0.309 e. The van der Waals surface area contributed by atoms with Crippen LogP contribution in [0, 0.1) is 19.8 Å². The molecule has 8 heteroatoms. The van der Waals surface area contributed by atoms with Crippen LogP contribution < -0.4 is 9.64 Å². The zero-order chi connectivity index (χ0) is 29.9. The van der Waals surface area contributed by atoms with Crippen molar-refractivity contribution in [2.75, 3.05) is 38.2 Å². The van der Waals surface area contributed by atoms with Crippen LogP contribution in [-0.4, -0.2) is 66.4 Å². The fourth-order valence-corrected chi connectivity index (χ4v) is 8.18. The summed E-state index contributed by atoms with van der Waals surface area (Å²) in [7, 11) is 1.59. The lowest BCUT2D eigenvalue weighted by Crippen LogP contribution is -2.47. The number of methoxy groups -OCH3 is 1. The average molecular weight is 604 g/mol. The molecule has 43 heavy (non-hydrogen) atoms. The van der Waals surface area contributed by atoms with Crippen LogP contribution in [0.25, 0.3) is 11.3 Å². The molecular weight excluding hydrogens is 558 g/mol. The first-order chi connectivity index (χ1) is 20.9. The van der Waals surface area contributed by atoms with Gasteiger partial charge < -0.3 is 19.5 Å². The zero-order valence-corrected chi connectivity index (χ0v) is 26.6. The molecule has 3 aromatic rings. The monoisotopic (exact) mass is 603 g/mol. The molecule has 1 saturated carbocycles. The van der Waals surface area contributed by atoms with E-state index >= 15 is 0 Å². The summed E-state index contributed by atoms with van der Waals surface area (Å²) < 4.78 is 12.1. The molecule has 2 aliphatic heterocycles. The summed E-state index contributed by atoms with van der Waals surface area (Å²) in [6, 6.07) is 11.7. The van der Waals surface area contributed by atoms with Crippen molar-refractivity contribution in [1.82, 2.24) is 9.88 Å². The number of aliphatic carboxylic acids is 1. The first kappa shape index (κ1) is 30.1. The Morgan fingerprint density at radius 3 is 2.65 bits per heavy atom. The van der Waals surface area contributed by atoms with E-state index in [-0.39, 0.29) is 6.10 Å². The van der Waals surface area contributed by atoms with Gasteiger partial charge in [0.25, 0.3) is 0 Å². The van der Waals surface area contributed by atoms with E-state index in [4.69, 9.17) is 14.5 Å². The number of hydrogen-bond acceptors (Lipinski definition) is 7. The number of aromatic nitrogens is 1. The van der Waals surface area contributed by atoms with Crippen LogP contribution in [0.5, 0.6) is 5.75 Å². The Balaban J connectivity index is 1.16. The fourth-order valence-electron chi connectivity index (χ4n) is 7.31. The highest BCUT2D eigenvalue weighted by molar-refractivity contribution is 7.14. The maximum atomic E-state index is 11.6. The lowest BCUT2D eigenvalue weighted by molar-refractivity contribution is -0.147. The summed E-state index contributed by atoms with van der Waals surface area (Å²) in [5.41, 5.74) is 8.69. The minimum atomic E-state index is -0.793. The zero-order valence-electron chi connectivity index (χ0n) is 25.8. The van der Waals surface area contributed by atoms with Gasteiger partial charge in [-0.15, -0.1) is 11.3 Å². The Morgan fingerprint density at radius 1 is 1.05 bits per heavy atom. The van der Waals surface area contributed by atoms with Crippen LogP contribution >= 0.6 is 11.3 Å². The van der Waals surface area contributed by atoms with Crippen molar-refractivity contribution in [1.29, 1.82) is 0 Å². The third-order valence-corrected chi connectivity index (χ3v) is 10.9. The van der Waals surface area contributed by atoms with Crippen LogP contribution in [0.4, 0.5) is 5.13 Å². The molecule has 1 aromatic heterocycles. The molecule has 1 saturated heterocycles. The van der Waals surface area contributed by atoms with Crippen LogP contribution in [0.15, 0.2) is 35.7 Å². The second kappa shape index (κ2) is 13.4. The second-order valence-electron chi connectivity index (χ2n) is 12.6. The number of hydrogen-bond donors (Lipinski definition) is 1. The molecule has 0 radical (unpaired) electrons. The Bertz CT molecular complexity index is 1430. The average Bonchev–Trinajstić information content (AvgIpc) is 3.42. The molecule has 2 fully saturated rings. The summed E-state index contributed by atoms with van der Waals surface area (Å²) in [5.74, 6) is -0.441. The molecule has 0 spiro atoms. The Kier molecular flexibility index (Phi) is 9.36. The van der Waals surface area contributed by atoms with Crippen molar-refractivity contribution in [3.8, 4) is 17.0 Å². The minimum Gasteiger partial charge on any atom is -0.488 e. The minimum absolute atomic E-state index is 0.351. The van der Waals surface area contributed by atoms with Gasteiger partial charge in [0.15, 0.2) is 5.13 Å². The summed E-state index contributed by atoms with van der Waals surface area (Å²) >= 11 is 1.58. The molecule has 2 atom stereocenters. The number of anilines is 1. The van der Waals surface area contributed by atoms with Gasteiger partial charge in [0, 0.05) is 50.3 Å². The molecule has 0 unspecified atom stereocenters. The molecule has 3 aliphatic rings. The summed E-state index contributed by atoms with van der Waals surface area (Å²) in [5, 5.41) is 12.5. The van der Waals surface area contributed by atoms with E-state index in [1.165, 1.54) is 60.9 Å². The highest BCUT2D eigenvalue weighted by Crippen LogP contribution is 2.37. The molecule has 7 nitrogen and oxygen atoms in total. The van der Waals surface area contributed by atoms with E-state index in [0.29, 0.717) is 26.1 Å². The molecule has 3 heterocycles. The number of carboxylic acids is 1. The van der Waals surface area contributed by atoms with E-state index in [9.17, 15) is 9.90 Å². The predicted octanol–water partition coefficient (Wildman–Crippen LogP) is 6.67. The number of benzene rings is 2. The topological polar surface area (TPSA) is 75.1 Å². The normalized spacial score (nSPS) is 21.8. The highest BCUT2D eigenvalue weighted by Gasteiger charge is 2.35. The maximum Gasteiger partial charge on any atom is 0.309 e. The molecule has 1 aliphatic carbocycles. The summed E-state index contributed by atoms with van der Waals surface area (Å²) in [6.07, 6.45) is 9.36. The van der Waals surface area contributed by atoms with E-state index < -0.39 is 11.9 Å². The van der Waals surface area contributed by atoms with Crippen molar-refractivity contribution in [2.45, 2.75) is 84.0 Å². The number of rotatable bonds is 8. The van der Waals surface area contributed by atoms with Gasteiger partial charge in [-0.05, 0) is 80.3 Å². The summed E-state index contributed by atoms with van der Waals surface area (Å²) in [4.78, 5) is 21.5. The van der Waals surface area contributed by atoms with E-state index in [1.54, 1.807) is 18.4 Å². The Labute approximate surface area is 259 Å². The van der Waals surface area contributed by atoms with Gasteiger partial charge >= 0.3 is 5.97 Å². The first-order valence-corrected chi connectivity index (χ1v) is 16.8. The first-order valence-electron chi connectivity index (χ1n) is 16.0. The quantitative estimate of drug-likeness (QED) is 0.308. The van der Waals surface area contributed by atoms with Gasteiger partial charge in [0.05, 0.1) is 17.7 Å². The van der Waals surface area contributed by atoms with Crippen molar-refractivity contribution in [3.05, 3.63) is 63.5 Å². The van der Waals surface area contributed by atoms with Crippen LogP contribution in [-0.2, 0) is 29.0 Å². The number of thiazole rings is 1. The van der Waals surface area contributed by atoms with Crippen LogP contribution in [0.1, 0.15) is 66.3 Å². The molecule has 0 bridgehead atoms. The number of carboxylic acid groups (broad SMARTS) is 1. The molecule has 1 N–H and O–H groups in total. The molecule has 2 aromatic carbocycles. The third kappa shape index (κ3) is 6.61. The number of carbonyl (C=O) groups is 1. The van der Waals surface area contributed by atoms with Crippen LogP contribution in [0.2, 0.25) is 0 Å². The summed E-state index contributed by atoms with van der Waals surface area (Å²) in [6.45, 7) is 8.40. The van der Waals surface area contributed by atoms with Gasteiger partial charge in [-0.3, -0.25) is 9.69 Å². The number of ether oxygens (including phenoxy) is 2. The number of nitrogens with zero attached hydrogens (tertiary/aromatic N) is 3. The van der Waals surface area contributed by atoms with Gasteiger partial charge in [-0.1, -0.05) is 43.0 Å². The van der Waals surface area contributed by atoms with E-state index in [1.807, 2.05) is 0 Å². The van der Waals surface area contributed by atoms with Gasteiger partial charge in [0.1, 0.15) is 12.4 Å². The Hall–Kier alpha value is -2.94. The van der Waals surface area contributed by atoms with E-state index in [0.717, 1.165) is 53.1 Å². The second-order valence-corrected chi connectivity index (χ2v) is 13.4. The molecule has 0 amide bonds. The van der Waals surface area contributed by atoms with Crippen molar-refractivity contribution < 1.29 is 19.4 Å².